The van der Waals surface area contributed by atoms with E-state index in [0.717, 1.165) is 19.5 Å². The minimum absolute atomic E-state index is 0.322. The molecular formula is C7H8INOS. The van der Waals surface area contributed by atoms with Crippen LogP contribution in [0.5, 0.6) is 0 Å². The number of hydrogen-bond donors (Lipinski definition) is 0. The second-order valence-electron chi connectivity index (χ2n) is 2.98. The molecule has 2 nitrogen and oxygen atoms in total. The number of rotatable bonds is 1. The highest BCUT2D eigenvalue weighted by Crippen LogP contribution is 2.36. The van der Waals surface area contributed by atoms with Crippen molar-refractivity contribution in [3.05, 3.63) is 11.6 Å². The predicted molar refractivity (Wildman–Crippen MR) is 54.4 cm³/mol. The van der Waals surface area contributed by atoms with Gasteiger partial charge in [-0.15, -0.1) is 0 Å². The zero-order chi connectivity index (χ0) is 7.84. The molecule has 1 atom stereocenters. The second kappa shape index (κ2) is 3.06. The first-order chi connectivity index (χ1) is 5.29. The minimum atomic E-state index is 0.322. The zero-order valence-corrected chi connectivity index (χ0v) is 8.89. The van der Waals surface area contributed by atoms with Crippen molar-refractivity contribution in [1.82, 2.24) is 4.31 Å². The van der Waals surface area contributed by atoms with Crippen LogP contribution in [-0.2, 0) is 4.79 Å². The summed E-state index contributed by atoms with van der Waals surface area (Å²) >= 11 is 2.29. The lowest BCUT2D eigenvalue weighted by Crippen LogP contribution is -2.11. The zero-order valence-electron chi connectivity index (χ0n) is 5.92. The van der Waals surface area contributed by atoms with Crippen LogP contribution in [0.4, 0.5) is 0 Å². The third-order valence-electron chi connectivity index (χ3n) is 2.20. The molecule has 0 bridgehead atoms. The van der Waals surface area contributed by atoms with E-state index < -0.39 is 0 Å². The van der Waals surface area contributed by atoms with Crippen LogP contribution in [0.25, 0.3) is 0 Å². The van der Waals surface area contributed by atoms with Crippen LogP contribution >= 0.6 is 30.3 Å². The van der Waals surface area contributed by atoms with Gasteiger partial charge < -0.3 is 0 Å². The molecule has 0 aromatic heterocycles. The highest BCUT2D eigenvalue weighted by Gasteiger charge is 2.33. The number of carbonyl (C=O) groups is 1. The highest BCUT2D eigenvalue weighted by molar-refractivity contribution is 14.2. The number of allylic oxidation sites excluding steroid dienone is 1. The Morgan fingerprint density at radius 2 is 2.55 bits per heavy atom. The summed E-state index contributed by atoms with van der Waals surface area (Å²) in [7, 11) is 1.74. The first-order valence-corrected chi connectivity index (χ1v) is 6.88. The van der Waals surface area contributed by atoms with Crippen molar-refractivity contribution in [1.29, 1.82) is 0 Å². The molecule has 0 saturated carbocycles. The summed E-state index contributed by atoms with van der Waals surface area (Å²) < 4.78 is 2.30. The molecule has 1 saturated heterocycles. The van der Waals surface area contributed by atoms with Gasteiger partial charge in [0.15, 0.2) is 5.78 Å². The maximum absolute atomic E-state index is 10.9. The van der Waals surface area contributed by atoms with E-state index >= 15 is 0 Å². The number of fused-ring (bicyclic) bond motifs is 1. The largest absolute Gasteiger partial charge is 0.295 e. The molecule has 1 aliphatic carbocycles. The van der Waals surface area contributed by atoms with E-state index in [2.05, 4.69) is 25.5 Å². The summed E-state index contributed by atoms with van der Waals surface area (Å²) in [5, 5.41) is 0. The molecule has 1 heterocycles. The Morgan fingerprint density at radius 3 is 3.18 bits per heavy atom. The van der Waals surface area contributed by atoms with Gasteiger partial charge >= 0.3 is 0 Å². The molecule has 11 heavy (non-hydrogen) atoms. The number of carbonyl (C=O) groups excluding carboxylic acids is 1. The molecule has 0 aromatic carbocycles. The van der Waals surface area contributed by atoms with Crippen molar-refractivity contribution in [2.24, 2.45) is 5.92 Å². The third-order valence-corrected chi connectivity index (χ3v) is 4.34. The first-order valence-electron chi connectivity index (χ1n) is 3.56. The molecular weight excluding hydrogens is 273 g/mol. The number of hydrogen-bond acceptors (Lipinski definition) is 3. The molecule has 2 rings (SSSR count). The average molecular weight is 281 g/mol. The topological polar surface area (TPSA) is 20.3 Å². The van der Waals surface area contributed by atoms with Crippen LogP contribution in [0.15, 0.2) is 11.6 Å². The van der Waals surface area contributed by atoms with Crippen molar-refractivity contribution in [3.63, 3.8) is 0 Å². The lowest BCUT2D eigenvalue weighted by atomic mass is 10.1. The van der Waals surface area contributed by atoms with E-state index in [-0.39, 0.29) is 0 Å². The summed E-state index contributed by atoms with van der Waals surface area (Å²) in [6, 6.07) is 0. The van der Waals surface area contributed by atoms with Crippen molar-refractivity contribution in [2.75, 3.05) is 13.1 Å². The monoisotopic (exact) mass is 281 g/mol. The normalized spacial score (nSPS) is 30.8. The van der Waals surface area contributed by atoms with Gasteiger partial charge in [-0.05, 0) is 20.8 Å². The molecule has 1 fully saturated rings. The van der Waals surface area contributed by atoms with E-state index in [0.29, 0.717) is 11.7 Å². The number of ketones is 1. The van der Waals surface area contributed by atoms with Crippen LogP contribution in [0.3, 0.4) is 0 Å². The third kappa shape index (κ3) is 1.48. The van der Waals surface area contributed by atoms with Gasteiger partial charge in [-0.3, -0.25) is 4.79 Å². The molecule has 60 valence electrons. The van der Waals surface area contributed by atoms with Gasteiger partial charge in [0.05, 0.1) is 0 Å². The van der Waals surface area contributed by atoms with Gasteiger partial charge in [-0.1, -0.05) is 0 Å². The Labute approximate surface area is 82.1 Å². The molecule has 0 N–H and O–H groups in total. The number of nitrogens with zero attached hydrogens (tertiary/aromatic N) is 1. The summed E-state index contributed by atoms with van der Waals surface area (Å²) in [4.78, 5) is 10.9. The van der Waals surface area contributed by atoms with Gasteiger partial charge in [-0.2, -0.15) is 0 Å². The smallest absolute Gasteiger partial charge is 0.156 e. The molecule has 0 amide bonds. The Hall–Kier alpha value is 0.450. The Bertz CT molecular complexity index is 228. The van der Waals surface area contributed by atoms with E-state index in [1.54, 1.807) is 9.12 Å². The fourth-order valence-corrected chi connectivity index (χ4v) is 3.01. The van der Waals surface area contributed by atoms with Crippen LogP contribution in [0.2, 0.25) is 0 Å². The molecule has 0 aromatic rings. The molecule has 0 radical (unpaired) electrons. The fourth-order valence-electron chi connectivity index (χ4n) is 1.68. The van der Waals surface area contributed by atoms with Gasteiger partial charge in [0.25, 0.3) is 0 Å². The lowest BCUT2D eigenvalue weighted by Gasteiger charge is -2.07. The average Bonchev–Trinajstić information content (AvgIpc) is 2.43. The maximum atomic E-state index is 10.9. The van der Waals surface area contributed by atoms with E-state index in [9.17, 15) is 4.79 Å². The number of halogens is 1. The van der Waals surface area contributed by atoms with Gasteiger partial charge in [0, 0.05) is 46.6 Å². The van der Waals surface area contributed by atoms with Crippen molar-refractivity contribution >= 4 is 36.1 Å². The summed E-state index contributed by atoms with van der Waals surface area (Å²) in [6.45, 7) is 2.05. The molecule has 2 aliphatic rings. The summed E-state index contributed by atoms with van der Waals surface area (Å²) in [6.07, 6.45) is 2.58. The van der Waals surface area contributed by atoms with Gasteiger partial charge in [-0.25, -0.2) is 4.31 Å². The highest BCUT2D eigenvalue weighted by atomic mass is 127. The van der Waals surface area contributed by atoms with Crippen LogP contribution < -0.4 is 0 Å². The van der Waals surface area contributed by atoms with E-state index in [1.807, 2.05) is 6.08 Å². The second-order valence-corrected chi connectivity index (χ2v) is 4.81. The minimum Gasteiger partial charge on any atom is -0.295 e. The van der Waals surface area contributed by atoms with Crippen molar-refractivity contribution in [2.45, 2.75) is 6.42 Å². The molecule has 1 aliphatic heterocycles. The summed E-state index contributed by atoms with van der Waals surface area (Å²) in [5.41, 5.74) is 1.35. The molecule has 1 unspecified atom stereocenters. The van der Waals surface area contributed by atoms with Crippen molar-refractivity contribution < 1.29 is 4.79 Å². The standard InChI is InChI=1S/C7H8INOS/c8-11-9-3-5-1-7(10)2-6(5)4-9/h1,6H,2-4H2. The lowest BCUT2D eigenvalue weighted by molar-refractivity contribution is -0.114. The van der Waals surface area contributed by atoms with Crippen LogP contribution in [0.1, 0.15) is 6.42 Å². The molecule has 0 spiro atoms. The van der Waals surface area contributed by atoms with Gasteiger partial charge in [0.2, 0.25) is 0 Å². The Kier molecular flexibility index (Phi) is 2.25. The van der Waals surface area contributed by atoms with Crippen molar-refractivity contribution in [3.8, 4) is 0 Å². The molecule has 4 heteroatoms. The van der Waals surface area contributed by atoms with Crippen LogP contribution in [-0.4, -0.2) is 23.2 Å². The van der Waals surface area contributed by atoms with Gasteiger partial charge in [0.1, 0.15) is 0 Å². The van der Waals surface area contributed by atoms with E-state index in [1.165, 1.54) is 5.57 Å². The first kappa shape index (κ1) is 8.07. The quantitative estimate of drug-likeness (QED) is 0.540. The maximum Gasteiger partial charge on any atom is 0.156 e. The predicted octanol–water partition coefficient (Wildman–Crippen LogP) is 1.82. The fraction of sp³-hybridized carbons (Fsp3) is 0.571. The van der Waals surface area contributed by atoms with E-state index in [4.69, 9.17) is 0 Å². The van der Waals surface area contributed by atoms with Crippen LogP contribution in [0, 0.1) is 5.92 Å². The Morgan fingerprint density at radius 1 is 1.73 bits per heavy atom. The SMILES string of the molecule is O=C1C=C2CN(SI)CC2C1. The summed E-state index contributed by atoms with van der Waals surface area (Å²) in [5.74, 6) is 0.868. The Balaban J connectivity index is 2.11.